The van der Waals surface area contributed by atoms with Crippen molar-refractivity contribution in [2.45, 2.75) is 63.4 Å². The van der Waals surface area contributed by atoms with Crippen LogP contribution in [0.3, 0.4) is 0 Å². The second-order valence-corrected chi connectivity index (χ2v) is 6.47. The van der Waals surface area contributed by atoms with Crippen molar-refractivity contribution in [1.29, 1.82) is 0 Å². The Morgan fingerprint density at radius 2 is 1.90 bits per heavy atom. The summed E-state index contributed by atoms with van der Waals surface area (Å²) < 4.78 is 6.11. The molecule has 0 saturated heterocycles. The molecule has 0 bridgehead atoms. The van der Waals surface area contributed by atoms with Gasteiger partial charge in [0.25, 0.3) is 0 Å². The van der Waals surface area contributed by atoms with Crippen molar-refractivity contribution in [1.82, 2.24) is 0 Å². The first-order valence-corrected chi connectivity index (χ1v) is 8.08. The molecule has 108 valence electrons. The lowest BCUT2D eigenvalue weighted by Gasteiger charge is -2.25. The number of carbonyl (C=O) groups is 1. The number of Topliss-reactive ketones (excluding diaryl/α,β-unsaturated/α-hetero) is 1. The Bertz CT molecular complexity index is 492. The first-order valence-electron chi connectivity index (χ1n) is 7.70. The number of hydrogen-bond donors (Lipinski definition) is 0. The molecular weight excluding hydrogens is 272 g/mol. The van der Waals surface area contributed by atoms with Gasteiger partial charge in [-0.25, -0.2) is 0 Å². The van der Waals surface area contributed by atoms with E-state index in [1.165, 1.54) is 37.7 Å². The molecular formula is C17H21ClO2. The Kier molecular flexibility index (Phi) is 4.30. The summed E-state index contributed by atoms with van der Waals surface area (Å²) in [6.07, 6.45) is 8.50. The number of carbonyl (C=O) groups excluding carboxylic acids is 1. The van der Waals surface area contributed by atoms with E-state index >= 15 is 0 Å². The normalized spacial score (nSPS) is 24.1. The van der Waals surface area contributed by atoms with Crippen LogP contribution in [0, 0.1) is 0 Å². The van der Waals surface area contributed by atoms with Crippen LogP contribution in [0.15, 0.2) is 18.2 Å². The number of ketones is 1. The molecule has 2 saturated carbocycles. The van der Waals surface area contributed by atoms with Gasteiger partial charge in [0.2, 0.25) is 0 Å². The fraction of sp³-hybridized carbons (Fsp3) is 0.588. The Balaban J connectivity index is 1.80. The van der Waals surface area contributed by atoms with Gasteiger partial charge >= 0.3 is 0 Å². The lowest BCUT2D eigenvalue weighted by Crippen LogP contribution is -2.15. The molecule has 0 amide bonds. The number of hydrogen-bond acceptors (Lipinski definition) is 2. The van der Waals surface area contributed by atoms with E-state index in [2.05, 4.69) is 6.07 Å². The minimum atomic E-state index is 0.0611. The zero-order valence-corrected chi connectivity index (χ0v) is 12.5. The SMILES string of the molecule is O=C1CCC(Oc2ccc(Cl)cc2C2CCCCC2)C1. The number of benzene rings is 1. The van der Waals surface area contributed by atoms with Crippen molar-refractivity contribution in [2.24, 2.45) is 0 Å². The van der Waals surface area contributed by atoms with E-state index in [0.717, 1.165) is 17.2 Å². The highest BCUT2D eigenvalue weighted by molar-refractivity contribution is 6.30. The quantitative estimate of drug-likeness (QED) is 0.793. The third-order valence-electron chi connectivity index (χ3n) is 4.51. The summed E-state index contributed by atoms with van der Waals surface area (Å²) in [4.78, 5) is 11.4. The zero-order chi connectivity index (χ0) is 13.9. The predicted octanol–water partition coefficient (Wildman–Crippen LogP) is 4.89. The van der Waals surface area contributed by atoms with Gasteiger partial charge in [0, 0.05) is 17.9 Å². The first kappa shape index (κ1) is 13.9. The zero-order valence-electron chi connectivity index (χ0n) is 11.7. The second kappa shape index (κ2) is 6.17. The molecule has 1 aromatic rings. The van der Waals surface area contributed by atoms with Crippen molar-refractivity contribution in [3.05, 3.63) is 28.8 Å². The minimum Gasteiger partial charge on any atom is -0.490 e. The largest absolute Gasteiger partial charge is 0.490 e. The molecule has 3 rings (SSSR count). The third kappa shape index (κ3) is 3.17. The van der Waals surface area contributed by atoms with Crippen molar-refractivity contribution in [2.75, 3.05) is 0 Å². The Morgan fingerprint density at radius 3 is 2.60 bits per heavy atom. The smallest absolute Gasteiger partial charge is 0.136 e. The molecule has 1 unspecified atom stereocenters. The molecule has 2 aliphatic carbocycles. The van der Waals surface area contributed by atoms with Crippen molar-refractivity contribution in [3.63, 3.8) is 0 Å². The van der Waals surface area contributed by atoms with Crippen LogP contribution in [0.4, 0.5) is 0 Å². The van der Waals surface area contributed by atoms with Crippen LogP contribution >= 0.6 is 11.6 Å². The Hall–Kier alpha value is -1.02. The van der Waals surface area contributed by atoms with Gasteiger partial charge in [-0.15, -0.1) is 0 Å². The monoisotopic (exact) mass is 292 g/mol. The Morgan fingerprint density at radius 1 is 1.10 bits per heavy atom. The van der Waals surface area contributed by atoms with Gasteiger partial charge in [0.15, 0.2) is 0 Å². The lowest BCUT2D eigenvalue weighted by atomic mass is 9.83. The van der Waals surface area contributed by atoms with Crippen molar-refractivity contribution >= 4 is 17.4 Å². The van der Waals surface area contributed by atoms with Crippen LogP contribution in [0.25, 0.3) is 0 Å². The molecule has 0 spiro atoms. The standard InChI is InChI=1S/C17H21ClO2/c18-13-6-9-17(20-15-8-7-14(19)11-15)16(10-13)12-4-2-1-3-5-12/h6,9-10,12,15H,1-5,7-8,11H2. The fourth-order valence-corrected chi connectivity index (χ4v) is 3.60. The topological polar surface area (TPSA) is 26.3 Å². The summed E-state index contributed by atoms with van der Waals surface area (Å²) in [6.45, 7) is 0. The average Bonchev–Trinajstić information content (AvgIpc) is 2.87. The summed E-state index contributed by atoms with van der Waals surface area (Å²) in [5, 5.41) is 0.778. The van der Waals surface area contributed by atoms with Crippen molar-refractivity contribution in [3.8, 4) is 5.75 Å². The summed E-state index contributed by atoms with van der Waals surface area (Å²) in [5.41, 5.74) is 1.25. The molecule has 0 aromatic heterocycles. The van der Waals surface area contributed by atoms with Gasteiger partial charge in [0.1, 0.15) is 17.6 Å². The van der Waals surface area contributed by atoms with E-state index in [1.807, 2.05) is 12.1 Å². The van der Waals surface area contributed by atoms with E-state index in [-0.39, 0.29) is 6.10 Å². The third-order valence-corrected chi connectivity index (χ3v) is 4.75. The highest BCUT2D eigenvalue weighted by atomic mass is 35.5. The molecule has 0 radical (unpaired) electrons. The average molecular weight is 293 g/mol. The van der Waals surface area contributed by atoms with Crippen LogP contribution in [-0.4, -0.2) is 11.9 Å². The van der Waals surface area contributed by atoms with Crippen LogP contribution < -0.4 is 4.74 Å². The van der Waals surface area contributed by atoms with Gasteiger partial charge in [-0.05, 0) is 48.9 Å². The van der Waals surface area contributed by atoms with Gasteiger partial charge in [-0.1, -0.05) is 30.9 Å². The fourth-order valence-electron chi connectivity index (χ4n) is 3.42. The minimum absolute atomic E-state index is 0.0611. The van der Waals surface area contributed by atoms with Crippen LogP contribution in [0.5, 0.6) is 5.75 Å². The van der Waals surface area contributed by atoms with Gasteiger partial charge in [-0.2, -0.15) is 0 Å². The van der Waals surface area contributed by atoms with E-state index in [0.29, 0.717) is 24.5 Å². The second-order valence-electron chi connectivity index (χ2n) is 6.04. The molecule has 20 heavy (non-hydrogen) atoms. The summed E-state index contributed by atoms with van der Waals surface area (Å²) in [7, 11) is 0. The molecule has 0 N–H and O–H groups in total. The maximum absolute atomic E-state index is 11.4. The maximum atomic E-state index is 11.4. The van der Waals surface area contributed by atoms with Crippen molar-refractivity contribution < 1.29 is 9.53 Å². The van der Waals surface area contributed by atoms with Crippen LogP contribution in [-0.2, 0) is 4.79 Å². The van der Waals surface area contributed by atoms with Crippen LogP contribution in [0.1, 0.15) is 62.8 Å². The van der Waals surface area contributed by atoms with Gasteiger partial charge in [0.05, 0.1) is 0 Å². The van der Waals surface area contributed by atoms with Gasteiger partial charge < -0.3 is 4.74 Å². The molecule has 0 heterocycles. The number of ether oxygens (including phenoxy) is 1. The van der Waals surface area contributed by atoms with E-state index in [4.69, 9.17) is 16.3 Å². The van der Waals surface area contributed by atoms with E-state index < -0.39 is 0 Å². The molecule has 3 heteroatoms. The lowest BCUT2D eigenvalue weighted by molar-refractivity contribution is -0.117. The predicted molar refractivity (Wildman–Crippen MR) is 80.6 cm³/mol. The molecule has 2 nitrogen and oxygen atoms in total. The maximum Gasteiger partial charge on any atom is 0.136 e. The van der Waals surface area contributed by atoms with Crippen LogP contribution in [0.2, 0.25) is 5.02 Å². The first-order chi connectivity index (χ1) is 9.72. The number of halogens is 1. The highest BCUT2D eigenvalue weighted by Gasteiger charge is 2.26. The highest BCUT2D eigenvalue weighted by Crippen LogP contribution is 2.39. The molecule has 0 aliphatic heterocycles. The van der Waals surface area contributed by atoms with E-state index in [9.17, 15) is 4.79 Å². The molecule has 2 aliphatic rings. The molecule has 1 aromatic carbocycles. The molecule has 1 atom stereocenters. The summed E-state index contributed by atoms with van der Waals surface area (Å²) in [6, 6.07) is 5.93. The Labute approximate surface area is 125 Å². The molecule has 2 fully saturated rings. The summed E-state index contributed by atoms with van der Waals surface area (Å²) in [5.74, 6) is 1.83. The van der Waals surface area contributed by atoms with E-state index in [1.54, 1.807) is 0 Å². The summed E-state index contributed by atoms with van der Waals surface area (Å²) >= 11 is 6.17. The number of rotatable bonds is 3. The van der Waals surface area contributed by atoms with Gasteiger partial charge in [-0.3, -0.25) is 4.79 Å².